The fraction of sp³-hybridized carbons (Fsp3) is 0.800. The van der Waals surface area contributed by atoms with Crippen molar-refractivity contribution in [1.29, 1.82) is 0 Å². The molecule has 1 aliphatic carbocycles. The lowest BCUT2D eigenvalue weighted by molar-refractivity contribution is 0.113. The van der Waals surface area contributed by atoms with Crippen molar-refractivity contribution in [3.8, 4) is 12.3 Å². The van der Waals surface area contributed by atoms with Crippen molar-refractivity contribution in [2.24, 2.45) is 11.8 Å². The summed E-state index contributed by atoms with van der Waals surface area (Å²) in [5.41, 5.74) is -1.30. The van der Waals surface area contributed by atoms with Crippen molar-refractivity contribution in [3.63, 3.8) is 0 Å². The van der Waals surface area contributed by atoms with Crippen LogP contribution in [0.3, 0.4) is 0 Å². The van der Waals surface area contributed by atoms with Crippen LogP contribution in [-0.4, -0.2) is 18.8 Å². The summed E-state index contributed by atoms with van der Waals surface area (Å²) in [6.45, 7) is 2.02. The average Bonchev–Trinajstić information content (AvgIpc) is 2.51. The van der Waals surface area contributed by atoms with Gasteiger partial charge >= 0.3 is 0 Å². The molecule has 3 atom stereocenters. The molecule has 1 aliphatic heterocycles. The van der Waals surface area contributed by atoms with E-state index in [-0.39, 0.29) is 0 Å². The minimum absolute atomic E-state index is 0.486. The van der Waals surface area contributed by atoms with E-state index in [1.807, 2.05) is 0 Å². The van der Waals surface area contributed by atoms with E-state index >= 15 is 0 Å². The first kappa shape index (κ1) is 8.07. The Labute approximate surface area is 72.7 Å². The van der Waals surface area contributed by atoms with E-state index in [9.17, 15) is 4.39 Å². The molecule has 2 aliphatic rings. The molecule has 2 fully saturated rings. The van der Waals surface area contributed by atoms with Crippen molar-refractivity contribution in [1.82, 2.24) is 5.32 Å². The highest BCUT2D eigenvalue weighted by molar-refractivity contribution is 5.11. The highest BCUT2D eigenvalue weighted by Crippen LogP contribution is 2.40. The maximum atomic E-state index is 13.7. The summed E-state index contributed by atoms with van der Waals surface area (Å²) in [6.07, 6.45) is 7.26. The predicted octanol–water partition coefficient (Wildman–Crippen LogP) is 1.35. The number of halogens is 1. The van der Waals surface area contributed by atoms with Crippen LogP contribution in [0.15, 0.2) is 0 Å². The van der Waals surface area contributed by atoms with Gasteiger partial charge in [-0.25, -0.2) is 4.39 Å². The Morgan fingerprint density at radius 3 is 2.92 bits per heavy atom. The van der Waals surface area contributed by atoms with Crippen LogP contribution in [0, 0.1) is 24.2 Å². The third kappa shape index (κ3) is 1.23. The fourth-order valence-corrected chi connectivity index (χ4v) is 2.43. The first-order valence-corrected chi connectivity index (χ1v) is 4.61. The van der Waals surface area contributed by atoms with Gasteiger partial charge in [-0.05, 0) is 44.2 Å². The third-order valence-electron chi connectivity index (χ3n) is 3.24. The van der Waals surface area contributed by atoms with Gasteiger partial charge in [0.05, 0.1) is 0 Å². The van der Waals surface area contributed by atoms with Gasteiger partial charge in [-0.15, -0.1) is 6.42 Å². The molecule has 1 saturated heterocycles. The molecule has 2 rings (SSSR count). The summed E-state index contributed by atoms with van der Waals surface area (Å²) in [5, 5.41) is 3.29. The first-order valence-electron chi connectivity index (χ1n) is 4.61. The van der Waals surface area contributed by atoms with Gasteiger partial charge in [0, 0.05) is 0 Å². The van der Waals surface area contributed by atoms with Crippen molar-refractivity contribution >= 4 is 0 Å². The Morgan fingerprint density at radius 2 is 2.17 bits per heavy atom. The number of fused-ring (bicyclic) bond motifs is 1. The minimum atomic E-state index is -1.30. The molecule has 2 heteroatoms. The predicted molar refractivity (Wildman–Crippen MR) is 46.4 cm³/mol. The molecule has 66 valence electrons. The minimum Gasteiger partial charge on any atom is -0.316 e. The van der Waals surface area contributed by atoms with Crippen molar-refractivity contribution in [2.75, 3.05) is 13.1 Å². The standard InChI is InChI=1S/C10H14FN/c1-2-10(11)4-3-8-6-12-7-9(8)5-10/h1,8-9,12H,3-7H2. The number of nitrogens with one attached hydrogen (secondary N) is 1. The molecule has 1 nitrogen and oxygen atoms in total. The summed E-state index contributed by atoms with van der Waals surface area (Å²) in [7, 11) is 0. The van der Waals surface area contributed by atoms with Gasteiger partial charge in [0.25, 0.3) is 0 Å². The molecule has 0 amide bonds. The number of hydrogen-bond acceptors (Lipinski definition) is 1. The molecule has 3 unspecified atom stereocenters. The van der Waals surface area contributed by atoms with E-state index < -0.39 is 5.67 Å². The van der Waals surface area contributed by atoms with E-state index in [1.54, 1.807) is 0 Å². The molecule has 0 aromatic rings. The zero-order chi connectivity index (χ0) is 8.60. The van der Waals surface area contributed by atoms with Crippen LogP contribution in [-0.2, 0) is 0 Å². The van der Waals surface area contributed by atoms with Crippen LogP contribution in [0.5, 0.6) is 0 Å². The highest BCUT2D eigenvalue weighted by atomic mass is 19.1. The van der Waals surface area contributed by atoms with Crippen LogP contribution < -0.4 is 5.32 Å². The van der Waals surface area contributed by atoms with Gasteiger partial charge in [0.1, 0.15) is 0 Å². The quantitative estimate of drug-likeness (QED) is 0.537. The molecule has 12 heavy (non-hydrogen) atoms. The van der Waals surface area contributed by atoms with Gasteiger partial charge in [-0.3, -0.25) is 0 Å². The van der Waals surface area contributed by atoms with Crippen LogP contribution in [0.2, 0.25) is 0 Å². The van der Waals surface area contributed by atoms with E-state index in [4.69, 9.17) is 6.42 Å². The smallest absolute Gasteiger partial charge is 0.170 e. The number of hydrogen-bond donors (Lipinski definition) is 1. The van der Waals surface area contributed by atoms with E-state index in [1.165, 1.54) is 0 Å². The Bertz CT molecular complexity index is 220. The fourth-order valence-electron chi connectivity index (χ4n) is 2.43. The van der Waals surface area contributed by atoms with Gasteiger partial charge in [-0.1, -0.05) is 5.92 Å². The summed E-state index contributed by atoms with van der Waals surface area (Å²) in [4.78, 5) is 0. The second-order valence-corrected chi connectivity index (χ2v) is 4.03. The van der Waals surface area contributed by atoms with E-state index in [0.29, 0.717) is 24.7 Å². The zero-order valence-electron chi connectivity index (χ0n) is 7.15. The van der Waals surface area contributed by atoms with Crippen LogP contribution >= 0.6 is 0 Å². The molecule has 0 aromatic carbocycles. The second-order valence-electron chi connectivity index (χ2n) is 4.03. The largest absolute Gasteiger partial charge is 0.316 e. The molecule has 0 aromatic heterocycles. The second kappa shape index (κ2) is 2.74. The Morgan fingerprint density at radius 1 is 1.42 bits per heavy atom. The molecular weight excluding hydrogens is 153 g/mol. The van der Waals surface area contributed by atoms with Gasteiger partial charge < -0.3 is 5.32 Å². The number of alkyl halides is 1. The summed E-state index contributed by atoms with van der Waals surface area (Å²) < 4.78 is 13.7. The number of rotatable bonds is 0. The van der Waals surface area contributed by atoms with Gasteiger partial charge in [0.15, 0.2) is 5.67 Å². The summed E-state index contributed by atoms with van der Waals surface area (Å²) in [6, 6.07) is 0. The maximum absolute atomic E-state index is 13.7. The monoisotopic (exact) mass is 167 g/mol. The van der Waals surface area contributed by atoms with Gasteiger partial charge in [-0.2, -0.15) is 0 Å². The van der Waals surface area contributed by atoms with Crippen LogP contribution in [0.25, 0.3) is 0 Å². The normalized spacial score (nSPS) is 46.7. The molecule has 0 radical (unpaired) electrons. The SMILES string of the molecule is C#CC1(F)CCC2CNCC2C1. The van der Waals surface area contributed by atoms with Crippen LogP contribution in [0.1, 0.15) is 19.3 Å². The molecule has 1 N–H and O–H groups in total. The topological polar surface area (TPSA) is 12.0 Å². The lowest BCUT2D eigenvalue weighted by atomic mass is 9.74. The maximum Gasteiger partial charge on any atom is 0.170 e. The first-order chi connectivity index (χ1) is 5.73. The number of terminal acetylenes is 1. The van der Waals surface area contributed by atoms with Crippen molar-refractivity contribution in [3.05, 3.63) is 0 Å². The Balaban J connectivity index is 2.07. The molecule has 0 bridgehead atoms. The molecule has 1 saturated carbocycles. The van der Waals surface area contributed by atoms with Gasteiger partial charge in [0.2, 0.25) is 0 Å². The van der Waals surface area contributed by atoms with Crippen LogP contribution in [0.4, 0.5) is 4.39 Å². The van der Waals surface area contributed by atoms with Crippen molar-refractivity contribution < 1.29 is 4.39 Å². The lowest BCUT2D eigenvalue weighted by Crippen LogP contribution is -2.33. The summed E-state index contributed by atoms with van der Waals surface area (Å²) >= 11 is 0. The Kier molecular flexibility index (Phi) is 1.84. The Hall–Kier alpha value is -0.550. The summed E-state index contributed by atoms with van der Waals surface area (Å²) in [5.74, 6) is 3.47. The zero-order valence-corrected chi connectivity index (χ0v) is 7.15. The third-order valence-corrected chi connectivity index (χ3v) is 3.24. The molecule has 1 heterocycles. The highest BCUT2D eigenvalue weighted by Gasteiger charge is 2.41. The van der Waals surface area contributed by atoms with E-state index in [0.717, 1.165) is 19.5 Å². The van der Waals surface area contributed by atoms with Crippen molar-refractivity contribution in [2.45, 2.75) is 24.9 Å². The molecule has 0 spiro atoms. The molecular formula is C10H14FN. The average molecular weight is 167 g/mol. The van der Waals surface area contributed by atoms with E-state index in [2.05, 4.69) is 11.2 Å². The lowest BCUT2D eigenvalue weighted by Gasteiger charge is -2.32.